The van der Waals surface area contributed by atoms with Gasteiger partial charge in [-0.2, -0.15) is 8.61 Å². The van der Waals surface area contributed by atoms with Crippen molar-refractivity contribution < 1.29 is 21.6 Å². The molecule has 24 heavy (non-hydrogen) atoms. The van der Waals surface area contributed by atoms with E-state index in [1.165, 1.54) is 20.7 Å². The molecule has 0 saturated carbocycles. The van der Waals surface area contributed by atoms with Gasteiger partial charge in [-0.3, -0.25) is 0 Å². The Morgan fingerprint density at radius 1 is 0.917 bits per heavy atom. The Morgan fingerprint density at radius 3 is 2.25 bits per heavy atom. The lowest BCUT2D eigenvalue weighted by atomic mass is 10.2. The fourth-order valence-corrected chi connectivity index (χ4v) is 6.67. The fourth-order valence-electron chi connectivity index (χ4n) is 3.12. The van der Waals surface area contributed by atoms with Gasteiger partial charge in [0.2, 0.25) is 20.0 Å². The average Bonchev–Trinajstić information content (AvgIpc) is 2.63. The van der Waals surface area contributed by atoms with E-state index in [-0.39, 0.29) is 11.4 Å². The van der Waals surface area contributed by atoms with Gasteiger partial charge in [-0.1, -0.05) is 18.2 Å². The molecule has 7 nitrogen and oxygen atoms in total. The number of hydrogen-bond acceptors (Lipinski definition) is 5. The van der Waals surface area contributed by atoms with Crippen molar-refractivity contribution in [2.45, 2.75) is 23.0 Å². The Labute approximate surface area is 143 Å². The van der Waals surface area contributed by atoms with Crippen LogP contribution in [0.15, 0.2) is 35.2 Å². The van der Waals surface area contributed by atoms with Crippen molar-refractivity contribution in [3.8, 4) is 0 Å². The molecule has 1 atom stereocenters. The van der Waals surface area contributed by atoms with E-state index < -0.39 is 25.3 Å². The van der Waals surface area contributed by atoms with E-state index in [0.717, 1.165) is 0 Å². The second-order valence-corrected chi connectivity index (χ2v) is 10.1. The number of ether oxygens (including phenoxy) is 1. The van der Waals surface area contributed by atoms with Crippen molar-refractivity contribution in [3.05, 3.63) is 30.3 Å². The lowest BCUT2D eigenvalue weighted by Gasteiger charge is -2.35. The van der Waals surface area contributed by atoms with Gasteiger partial charge < -0.3 is 4.74 Å². The quantitative estimate of drug-likeness (QED) is 0.766. The maximum absolute atomic E-state index is 12.8. The average molecular weight is 374 g/mol. The molecule has 0 unspecified atom stereocenters. The van der Waals surface area contributed by atoms with Crippen molar-refractivity contribution in [2.75, 3.05) is 39.4 Å². The molecule has 9 heteroatoms. The monoisotopic (exact) mass is 374 g/mol. The van der Waals surface area contributed by atoms with Gasteiger partial charge >= 0.3 is 0 Å². The summed E-state index contributed by atoms with van der Waals surface area (Å²) in [6, 6.07) is 8.16. The number of sulfonamides is 2. The van der Waals surface area contributed by atoms with E-state index in [0.29, 0.717) is 45.7 Å². The van der Waals surface area contributed by atoms with E-state index in [4.69, 9.17) is 4.74 Å². The Kier molecular flexibility index (Phi) is 5.26. The summed E-state index contributed by atoms with van der Waals surface area (Å²) in [5.41, 5.74) is 0. The molecule has 2 heterocycles. The van der Waals surface area contributed by atoms with Crippen LogP contribution in [0.25, 0.3) is 0 Å². The van der Waals surface area contributed by atoms with Gasteiger partial charge in [0.25, 0.3) is 0 Å². The van der Waals surface area contributed by atoms with Crippen LogP contribution in [-0.2, 0) is 24.8 Å². The van der Waals surface area contributed by atoms with E-state index >= 15 is 0 Å². The number of piperidine rings is 1. The first kappa shape index (κ1) is 17.8. The SMILES string of the molecule is O=S(=O)(c1ccccc1)N1CCC[C@@H](S(=O)(=O)N2CCOCC2)C1. The highest BCUT2D eigenvalue weighted by atomic mass is 32.2. The Balaban J connectivity index is 1.79. The second-order valence-electron chi connectivity index (χ2n) is 6.00. The maximum Gasteiger partial charge on any atom is 0.243 e. The van der Waals surface area contributed by atoms with Gasteiger partial charge in [0.15, 0.2) is 0 Å². The standard InChI is InChI=1S/C15H22N2O5S2/c18-23(19,14-5-2-1-3-6-14)17-8-4-7-15(13-17)24(20,21)16-9-11-22-12-10-16/h1-3,5-6,15H,4,7-13H2/t15-/m1/s1. The van der Waals surface area contributed by atoms with Crippen LogP contribution < -0.4 is 0 Å². The molecule has 0 bridgehead atoms. The van der Waals surface area contributed by atoms with Gasteiger partial charge in [0.1, 0.15) is 0 Å². The minimum Gasteiger partial charge on any atom is -0.379 e. The molecule has 0 aromatic heterocycles. The van der Waals surface area contributed by atoms with E-state index in [2.05, 4.69) is 0 Å². The Morgan fingerprint density at radius 2 is 1.58 bits per heavy atom. The summed E-state index contributed by atoms with van der Waals surface area (Å²) in [5.74, 6) is 0. The minimum absolute atomic E-state index is 0.0108. The number of rotatable bonds is 4. The maximum atomic E-state index is 12.8. The Hall–Kier alpha value is -1.00. The summed E-state index contributed by atoms with van der Waals surface area (Å²) >= 11 is 0. The molecule has 0 N–H and O–H groups in total. The molecule has 0 radical (unpaired) electrons. The van der Waals surface area contributed by atoms with Gasteiger partial charge in [0, 0.05) is 26.2 Å². The van der Waals surface area contributed by atoms with Gasteiger partial charge in [-0.25, -0.2) is 16.8 Å². The normalized spacial score (nSPS) is 24.8. The van der Waals surface area contributed by atoms with Crippen LogP contribution >= 0.6 is 0 Å². The molecule has 134 valence electrons. The fraction of sp³-hybridized carbons (Fsp3) is 0.600. The zero-order valence-corrected chi connectivity index (χ0v) is 15.0. The third kappa shape index (κ3) is 3.50. The molecule has 2 saturated heterocycles. The molecule has 2 aliphatic rings. The first-order valence-corrected chi connectivity index (χ1v) is 11.0. The second kappa shape index (κ2) is 7.09. The molecule has 1 aromatic rings. The van der Waals surface area contributed by atoms with E-state index in [1.807, 2.05) is 0 Å². The molecule has 0 aliphatic carbocycles. The topological polar surface area (TPSA) is 84.0 Å². The first-order chi connectivity index (χ1) is 11.4. The summed E-state index contributed by atoms with van der Waals surface area (Å²) in [6.07, 6.45) is 1.03. The molecule has 0 spiro atoms. The predicted octanol–water partition coefficient (Wildman–Crippen LogP) is 0.502. The van der Waals surface area contributed by atoms with Crippen molar-refractivity contribution in [1.82, 2.24) is 8.61 Å². The summed E-state index contributed by atoms with van der Waals surface area (Å²) in [6.45, 7) is 1.81. The van der Waals surface area contributed by atoms with Crippen LogP contribution in [-0.4, -0.2) is 70.1 Å². The van der Waals surface area contributed by atoms with Crippen LogP contribution in [0.1, 0.15) is 12.8 Å². The largest absolute Gasteiger partial charge is 0.379 e. The predicted molar refractivity (Wildman–Crippen MR) is 89.5 cm³/mol. The van der Waals surface area contributed by atoms with Crippen molar-refractivity contribution in [1.29, 1.82) is 0 Å². The third-order valence-corrected chi connectivity index (χ3v) is 8.66. The minimum atomic E-state index is -3.66. The van der Waals surface area contributed by atoms with Crippen molar-refractivity contribution >= 4 is 20.0 Å². The summed E-state index contributed by atoms with van der Waals surface area (Å²) in [7, 11) is -7.17. The van der Waals surface area contributed by atoms with Gasteiger partial charge in [-0.15, -0.1) is 0 Å². The van der Waals surface area contributed by atoms with Gasteiger partial charge in [0.05, 0.1) is 23.4 Å². The number of morpholine rings is 1. The molecule has 0 amide bonds. The summed E-state index contributed by atoms with van der Waals surface area (Å²) in [5, 5.41) is -0.692. The number of hydrogen-bond donors (Lipinski definition) is 0. The summed E-state index contributed by atoms with van der Waals surface area (Å²) in [4.78, 5) is 0.203. The number of nitrogens with zero attached hydrogens (tertiary/aromatic N) is 2. The zero-order chi connectivity index (χ0) is 17.2. The van der Waals surface area contributed by atoms with E-state index in [9.17, 15) is 16.8 Å². The first-order valence-electron chi connectivity index (χ1n) is 8.04. The smallest absolute Gasteiger partial charge is 0.243 e. The Bertz CT molecular complexity index is 758. The zero-order valence-electron chi connectivity index (χ0n) is 13.4. The molecular weight excluding hydrogens is 352 g/mol. The van der Waals surface area contributed by atoms with Crippen molar-refractivity contribution in [2.24, 2.45) is 0 Å². The molecule has 2 fully saturated rings. The van der Waals surface area contributed by atoms with E-state index in [1.54, 1.807) is 18.2 Å². The van der Waals surface area contributed by atoms with Crippen LogP contribution in [0.4, 0.5) is 0 Å². The highest BCUT2D eigenvalue weighted by Gasteiger charge is 2.39. The van der Waals surface area contributed by atoms with Crippen LogP contribution in [0.3, 0.4) is 0 Å². The summed E-state index contributed by atoms with van der Waals surface area (Å²) < 4.78 is 59.0. The molecular formula is C15H22N2O5S2. The lowest BCUT2D eigenvalue weighted by Crippen LogP contribution is -2.51. The van der Waals surface area contributed by atoms with Crippen molar-refractivity contribution in [3.63, 3.8) is 0 Å². The van der Waals surface area contributed by atoms with Crippen LogP contribution in [0, 0.1) is 0 Å². The number of benzene rings is 1. The van der Waals surface area contributed by atoms with Crippen LogP contribution in [0.5, 0.6) is 0 Å². The highest BCUT2D eigenvalue weighted by molar-refractivity contribution is 7.90. The third-order valence-electron chi connectivity index (χ3n) is 4.47. The molecule has 1 aromatic carbocycles. The molecule has 3 rings (SSSR count). The lowest BCUT2D eigenvalue weighted by molar-refractivity contribution is 0.0722. The van der Waals surface area contributed by atoms with Crippen LogP contribution in [0.2, 0.25) is 0 Å². The van der Waals surface area contributed by atoms with Gasteiger partial charge in [-0.05, 0) is 25.0 Å². The molecule has 2 aliphatic heterocycles. The highest BCUT2D eigenvalue weighted by Crippen LogP contribution is 2.25.